The molecule has 0 spiro atoms. The largest absolute Gasteiger partial charge is 0.349 e. The fourth-order valence-electron chi connectivity index (χ4n) is 2.08. The summed E-state index contributed by atoms with van der Waals surface area (Å²) in [5, 5.41) is 6.41. The zero-order chi connectivity index (χ0) is 10.0. The van der Waals surface area contributed by atoms with Gasteiger partial charge in [0.05, 0.1) is 6.04 Å². The number of carbonyl (C=O) groups is 1. The van der Waals surface area contributed by atoms with Gasteiger partial charge in [-0.05, 0) is 25.7 Å². The van der Waals surface area contributed by atoms with Crippen LogP contribution in [0, 0.1) is 0 Å². The molecule has 0 aromatic heterocycles. The lowest BCUT2D eigenvalue weighted by Gasteiger charge is -2.42. The molecule has 14 heavy (non-hydrogen) atoms. The van der Waals surface area contributed by atoms with Gasteiger partial charge in [-0.2, -0.15) is 0 Å². The molecule has 2 rings (SSSR count). The minimum atomic E-state index is 0.0454. The predicted octanol–water partition coefficient (Wildman–Crippen LogP) is 1.10. The second-order valence-electron chi connectivity index (χ2n) is 4.25. The van der Waals surface area contributed by atoms with E-state index in [-0.39, 0.29) is 17.5 Å². The highest BCUT2D eigenvalue weighted by atomic mass is 32.2. The molecule has 1 unspecified atom stereocenters. The molecule has 1 heterocycles. The monoisotopic (exact) mass is 214 g/mol. The van der Waals surface area contributed by atoms with E-state index in [1.807, 2.05) is 0 Å². The van der Waals surface area contributed by atoms with Crippen molar-refractivity contribution in [1.82, 2.24) is 10.6 Å². The smallest absolute Gasteiger partial charge is 0.238 e. The average molecular weight is 214 g/mol. The lowest BCUT2D eigenvalue weighted by Crippen LogP contribution is -2.57. The molecule has 1 amide bonds. The summed E-state index contributed by atoms with van der Waals surface area (Å²) in [4.78, 5) is 11.8. The van der Waals surface area contributed by atoms with Crippen molar-refractivity contribution in [3.63, 3.8) is 0 Å². The standard InChI is InChI=1S/C10H18N2OS/c1-2-10(4-3-5-10)12-9(13)8-6-14-7-11-8/h8,11H,2-7H2,1H3,(H,12,13). The van der Waals surface area contributed by atoms with E-state index in [1.165, 1.54) is 6.42 Å². The highest BCUT2D eigenvalue weighted by molar-refractivity contribution is 7.99. The third-order valence-corrected chi connectivity index (χ3v) is 4.35. The number of nitrogens with one attached hydrogen (secondary N) is 2. The molecule has 2 fully saturated rings. The summed E-state index contributed by atoms with van der Waals surface area (Å²) < 4.78 is 0. The summed E-state index contributed by atoms with van der Waals surface area (Å²) >= 11 is 1.80. The number of rotatable bonds is 3. The summed E-state index contributed by atoms with van der Waals surface area (Å²) in [6.45, 7) is 2.16. The summed E-state index contributed by atoms with van der Waals surface area (Å²) in [5.74, 6) is 2.04. The summed E-state index contributed by atoms with van der Waals surface area (Å²) in [5.41, 5.74) is 0.145. The van der Waals surface area contributed by atoms with E-state index in [9.17, 15) is 4.79 Å². The molecule has 0 bridgehead atoms. The van der Waals surface area contributed by atoms with Crippen LogP contribution >= 0.6 is 11.8 Å². The van der Waals surface area contributed by atoms with Crippen molar-refractivity contribution >= 4 is 17.7 Å². The molecule has 0 radical (unpaired) electrons. The zero-order valence-corrected chi connectivity index (χ0v) is 9.45. The molecule has 1 aliphatic heterocycles. The first-order valence-electron chi connectivity index (χ1n) is 5.39. The third-order valence-electron chi connectivity index (χ3n) is 3.41. The van der Waals surface area contributed by atoms with Crippen molar-refractivity contribution in [2.24, 2.45) is 0 Å². The van der Waals surface area contributed by atoms with Gasteiger partial charge in [0.2, 0.25) is 5.91 Å². The molecule has 0 aromatic carbocycles. The van der Waals surface area contributed by atoms with Crippen LogP contribution in [0.3, 0.4) is 0 Å². The van der Waals surface area contributed by atoms with Crippen LogP contribution < -0.4 is 10.6 Å². The van der Waals surface area contributed by atoms with E-state index < -0.39 is 0 Å². The number of hydrogen-bond acceptors (Lipinski definition) is 3. The van der Waals surface area contributed by atoms with Gasteiger partial charge in [-0.1, -0.05) is 6.92 Å². The lowest BCUT2D eigenvalue weighted by atomic mass is 9.74. The Labute approximate surface area is 89.4 Å². The zero-order valence-electron chi connectivity index (χ0n) is 8.64. The molecule has 1 saturated heterocycles. The molecular formula is C10H18N2OS. The van der Waals surface area contributed by atoms with Gasteiger partial charge in [-0.15, -0.1) is 11.8 Å². The minimum absolute atomic E-state index is 0.0454. The maximum absolute atomic E-state index is 11.8. The van der Waals surface area contributed by atoms with Crippen molar-refractivity contribution in [2.75, 3.05) is 11.6 Å². The first-order valence-corrected chi connectivity index (χ1v) is 6.54. The lowest BCUT2D eigenvalue weighted by molar-refractivity contribution is -0.125. The van der Waals surface area contributed by atoms with Gasteiger partial charge < -0.3 is 5.32 Å². The molecule has 2 N–H and O–H groups in total. The van der Waals surface area contributed by atoms with Crippen LogP contribution in [0.2, 0.25) is 0 Å². The number of thioether (sulfide) groups is 1. The Balaban J connectivity index is 1.86. The summed E-state index contributed by atoms with van der Waals surface area (Å²) in [6, 6.07) is 0.0454. The van der Waals surface area contributed by atoms with Crippen LogP contribution in [-0.2, 0) is 4.79 Å². The van der Waals surface area contributed by atoms with Gasteiger partial charge in [0.25, 0.3) is 0 Å². The van der Waals surface area contributed by atoms with Gasteiger partial charge in [0, 0.05) is 17.2 Å². The van der Waals surface area contributed by atoms with E-state index >= 15 is 0 Å². The number of hydrogen-bond donors (Lipinski definition) is 2. The summed E-state index contributed by atoms with van der Waals surface area (Å²) in [7, 11) is 0. The first kappa shape index (κ1) is 10.3. The quantitative estimate of drug-likeness (QED) is 0.739. The Bertz CT molecular complexity index is 217. The van der Waals surface area contributed by atoms with Gasteiger partial charge >= 0.3 is 0 Å². The molecule has 80 valence electrons. The van der Waals surface area contributed by atoms with Gasteiger partial charge in [0.15, 0.2) is 0 Å². The van der Waals surface area contributed by atoms with E-state index in [0.717, 1.165) is 30.9 Å². The van der Waals surface area contributed by atoms with Gasteiger partial charge in [-0.25, -0.2) is 0 Å². The van der Waals surface area contributed by atoms with E-state index in [4.69, 9.17) is 0 Å². The van der Waals surface area contributed by atoms with E-state index in [2.05, 4.69) is 17.6 Å². The Morgan fingerprint density at radius 1 is 1.64 bits per heavy atom. The Kier molecular flexibility index (Phi) is 3.02. The Morgan fingerprint density at radius 3 is 2.86 bits per heavy atom. The van der Waals surface area contributed by atoms with Crippen molar-refractivity contribution in [3.05, 3.63) is 0 Å². The van der Waals surface area contributed by atoms with E-state index in [0.29, 0.717) is 0 Å². The third kappa shape index (κ3) is 1.91. The van der Waals surface area contributed by atoms with Crippen molar-refractivity contribution < 1.29 is 4.79 Å². The molecule has 1 aliphatic carbocycles. The predicted molar refractivity (Wildman–Crippen MR) is 59.3 cm³/mol. The van der Waals surface area contributed by atoms with Crippen LogP contribution in [0.25, 0.3) is 0 Å². The highest BCUT2D eigenvalue weighted by Crippen LogP contribution is 2.34. The van der Waals surface area contributed by atoms with Crippen LogP contribution in [0.5, 0.6) is 0 Å². The fourth-order valence-corrected chi connectivity index (χ4v) is 3.02. The van der Waals surface area contributed by atoms with Crippen LogP contribution in [0.1, 0.15) is 32.6 Å². The van der Waals surface area contributed by atoms with Gasteiger partial charge in [-0.3, -0.25) is 10.1 Å². The second-order valence-corrected chi connectivity index (χ2v) is 5.28. The Hall–Kier alpha value is -0.220. The average Bonchev–Trinajstić information content (AvgIpc) is 2.63. The Morgan fingerprint density at radius 2 is 2.43 bits per heavy atom. The van der Waals surface area contributed by atoms with Gasteiger partial charge in [0.1, 0.15) is 0 Å². The van der Waals surface area contributed by atoms with E-state index in [1.54, 1.807) is 11.8 Å². The minimum Gasteiger partial charge on any atom is -0.349 e. The highest BCUT2D eigenvalue weighted by Gasteiger charge is 2.38. The molecule has 2 aliphatic rings. The van der Waals surface area contributed by atoms with Crippen molar-refractivity contribution in [3.8, 4) is 0 Å². The number of carbonyl (C=O) groups excluding carboxylic acids is 1. The maximum atomic E-state index is 11.8. The topological polar surface area (TPSA) is 41.1 Å². The molecular weight excluding hydrogens is 196 g/mol. The molecule has 1 saturated carbocycles. The maximum Gasteiger partial charge on any atom is 0.238 e. The normalized spacial score (nSPS) is 29.6. The number of amides is 1. The molecule has 3 nitrogen and oxygen atoms in total. The fraction of sp³-hybridized carbons (Fsp3) is 0.900. The molecule has 0 aromatic rings. The van der Waals surface area contributed by atoms with Crippen LogP contribution in [-0.4, -0.2) is 29.1 Å². The molecule has 1 atom stereocenters. The summed E-state index contributed by atoms with van der Waals surface area (Å²) in [6.07, 6.45) is 4.66. The van der Waals surface area contributed by atoms with Crippen molar-refractivity contribution in [2.45, 2.75) is 44.2 Å². The molecule has 4 heteroatoms. The first-order chi connectivity index (χ1) is 6.76. The second kappa shape index (κ2) is 4.11. The van der Waals surface area contributed by atoms with Crippen LogP contribution in [0.4, 0.5) is 0 Å². The van der Waals surface area contributed by atoms with Crippen molar-refractivity contribution in [1.29, 1.82) is 0 Å². The van der Waals surface area contributed by atoms with Crippen LogP contribution in [0.15, 0.2) is 0 Å². The SMILES string of the molecule is CCC1(NC(=O)C2CSCN2)CCC1.